The number of aromatic nitrogens is 4. The van der Waals surface area contributed by atoms with Crippen molar-refractivity contribution in [2.75, 3.05) is 13.1 Å². The molecule has 2 N–H and O–H groups in total. The normalized spacial score (nSPS) is 11.8. The Labute approximate surface area is 156 Å². The van der Waals surface area contributed by atoms with E-state index in [-0.39, 0.29) is 0 Å². The molecule has 0 spiro atoms. The van der Waals surface area contributed by atoms with Crippen molar-refractivity contribution in [1.82, 2.24) is 20.4 Å². The summed E-state index contributed by atoms with van der Waals surface area (Å²) in [5.74, 6) is 0. The Balaban J connectivity index is 1.28. The average molecular weight is 357 g/mol. The number of nitrogens with one attached hydrogen (secondary N) is 2. The maximum absolute atomic E-state index is 4.41. The topological polar surface area (TPSA) is 82.1 Å². The van der Waals surface area contributed by atoms with E-state index in [1.54, 1.807) is 12.4 Å². The van der Waals surface area contributed by atoms with E-state index < -0.39 is 0 Å². The van der Waals surface area contributed by atoms with Crippen LogP contribution in [0.3, 0.4) is 0 Å². The lowest BCUT2D eigenvalue weighted by atomic mass is 10.1. The summed E-state index contributed by atoms with van der Waals surface area (Å²) in [4.78, 5) is 8.81. The maximum atomic E-state index is 4.41. The molecule has 6 nitrogen and oxygen atoms in total. The van der Waals surface area contributed by atoms with Gasteiger partial charge in [-0.3, -0.25) is 20.2 Å². The van der Waals surface area contributed by atoms with Gasteiger partial charge in [0.1, 0.15) is 0 Å². The minimum atomic E-state index is 0.919. The SMILES string of the molecule is C(=NCCCCCCCCCCCCN=Cc1ccn[nH]1)c1ccn[nH]1. The van der Waals surface area contributed by atoms with Crippen LogP contribution in [0.1, 0.15) is 75.6 Å². The van der Waals surface area contributed by atoms with E-state index in [0.717, 1.165) is 24.5 Å². The zero-order chi connectivity index (χ0) is 18.1. The number of aliphatic imine (C=N–C) groups is 2. The molecule has 0 fully saturated rings. The van der Waals surface area contributed by atoms with Gasteiger partial charge in [0.2, 0.25) is 0 Å². The van der Waals surface area contributed by atoms with Crippen molar-refractivity contribution in [2.24, 2.45) is 9.98 Å². The van der Waals surface area contributed by atoms with E-state index in [1.807, 2.05) is 24.6 Å². The number of hydrogen-bond acceptors (Lipinski definition) is 4. The van der Waals surface area contributed by atoms with Crippen molar-refractivity contribution in [3.05, 3.63) is 35.9 Å². The third kappa shape index (κ3) is 9.91. The van der Waals surface area contributed by atoms with Crippen molar-refractivity contribution in [3.8, 4) is 0 Å². The molecule has 0 radical (unpaired) electrons. The van der Waals surface area contributed by atoms with Crippen LogP contribution in [0.4, 0.5) is 0 Å². The molecule has 6 heteroatoms. The molecular formula is C20H32N6. The molecule has 2 rings (SSSR count). The fraction of sp³-hybridized carbons (Fsp3) is 0.600. The van der Waals surface area contributed by atoms with Crippen molar-refractivity contribution >= 4 is 12.4 Å². The van der Waals surface area contributed by atoms with Gasteiger partial charge in [-0.15, -0.1) is 0 Å². The molecule has 0 aromatic carbocycles. The third-order valence-corrected chi connectivity index (χ3v) is 4.33. The van der Waals surface area contributed by atoms with Gasteiger partial charge in [-0.05, 0) is 25.0 Å². The summed E-state index contributed by atoms with van der Waals surface area (Å²) in [6, 6.07) is 3.86. The monoisotopic (exact) mass is 356 g/mol. The molecule has 0 aliphatic carbocycles. The van der Waals surface area contributed by atoms with E-state index >= 15 is 0 Å². The smallest absolute Gasteiger partial charge is 0.0756 e. The van der Waals surface area contributed by atoms with E-state index in [0.29, 0.717) is 0 Å². The molecule has 0 atom stereocenters. The summed E-state index contributed by atoms with van der Waals surface area (Å²) in [5, 5.41) is 13.6. The summed E-state index contributed by atoms with van der Waals surface area (Å²) in [6.07, 6.45) is 20.3. The van der Waals surface area contributed by atoms with E-state index in [1.165, 1.54) is 64.2 Å². The van der Waals surface area contributed by atoms with Gasteiger partial charge >= 0.3 is 0 Å². The molecule has 0 aliphatic rings. The second kappa shape index (κ2) is 14.0. The molecule has 0 aliphatic heterocycles. The second-order valence-corrected chi connectivity index (χ2v) is 6.63. The molecule has 2 aromatic rings. The molecule has 2 aromatic heterocycles. The second-order valence-electron chi connectivity index (χ2n) is 6.63. The Morgan fingerprint density at radius 2 is 1.00 bits per heavy atom. The zero-order valence-corrected chi connectivity index (χ0v) is 15.7. The van der Waals surface area contributed by atoms with Gasteiger partial charge in [-0.2, -0.15) is 10.2 Å². The van der Waals surface area contributed by atoms with Crippen LogP contribution in [0.2, 0.25) is 0 Å². The number of nitrogens with zero attached hydrogens (tertiary/aromatic N) is 4. The highest BCUT2D eigenvalue weighted by Gasteiger charge is 1.93. The van der Waals surface area contributed by atoms with Crippen LogP contribution in [0, 0.1) is 0 Å². The Hall–Kier alpha value is -2.24. The molecule has 26 heavy (non-hydrogen) atoms. The standard InChI is InChI=1S/C20H32N6/c1(3-5-7-9-13-21-17-19-11-15-23-25-19)2-4-6-8-10-14-22-18-20-12-16-24-26-20/h11-12,15-18H,1-10,13-14H2,(H,23,25)(H,24,26). The number of rotatable bonds is 15. The van der Waals surface area contributed by atoms with Crippen molar-refractivity contribution < 1.29 is 0 Å². The predicted octanol–water partition coefficient (Wildman–Crippen LogP) is 4.57. The molecule has 2 heterocycles. The first-order chi connectivity index (χ1) is 12.9. The van der Waals surface area contributed by atoms with E-state index in [4.69, 9.17) is 0 Å². The number of H-pyrrole nitrogens is 2. The Kier molecular flexibility index (Phi) is 10.8. The zero-order valence-electron chi connectivity index (χ0n) is 15.7. The van der Waals surface area contributed by atoms with Crippen molar-refractivity contribution in [1.29, 1.82) is 0 Å². The Morgan fingerprint density at radius 3 is 1.35 bits per heavy atom. The first-order valence-corrected chi connectivity index (χ1v) is 9.93. The van der Waals surface area contributed by atoms with Crippen molar-refractivity contribution in [2.45, 2.75) is 64.2 Å². The molecule has 0 saturated carbocycles. The third-order valence-electron chi connectivity index (χ3n) is 4.33. The molecule has 0 unspecified atom stereocenters. The highest BCUT2D eigenvalue weighted by molar-refractivity contribution is 5.76. The maximum Gasteiger partial charge on any atom is 0.0756 e. The summed E-state index contributed by atoms with van der Waals surface area (Å²) in [5.41, 5.74) is 1.96. The first kappa shape index (κ1) is 20.1. The van der Waals surface area contributed by atoms with E-state index in [9.17, 15) is 0 Å². The lowest BCUT2D eigenvalue weighted by Gasteiger charge is -2.01. The molecule has 0 bridgehead atoms. The minimum Gasteiger partial charge on any atom is -0.291 e. The van der Waals surface area contributed by atoms with Gasteiger partial charge in [0.15, 0.2) is 0 Å². The molecule has 0 saturated heterocycles. The molecular weight excluding hydrogens is 324 g/mol. The largest absolute Gasteiger partial charge is 0.291 e. The highest BCUT2D eigenvalue weighted by atomic mass is 15.1. The predicted molar refractivity (Wildman–Crippen MR) is 108 cm³/mol. The summed E-state index contributed by atoms with van der Waals surface area (Å²) in [7, 11) is 0. The minimum absolute atomic E-state index is 0.919. The van der Waals surface area contributed by atoms with E-state index in [2.05, 4.69) is 30.4 Å². The van der Waals surface area contributed by atoms with Crippen LogP contribution in [-0.2, 0) is 0 Å². The number of hydrogen-bond donors (Lipinski definition) is 2. The summed E-state index contributed by atoms with van der Waals surface area (Å²) in [6.45, 7) is 1.84. The van der Waals surface area contributed by atoms with Crippen LogP contribution < -0.4 is 0 Å². The van der Waals surface area contributed by atoms with Gasteiger partial charge in [0.05, 0.1) is 11.4 Å². The summed E-state index contributed by atoms with van der Waals surface area (Å²) < 4.78 is 0. The lowest BCUT2D eigenvalue weighted by Crippen LogP contribution is -1.87. The summed E-state index contributed by atoms with van der Waals surface area (Å²) >= 11 is 0. The van der Waals surface area contributed by atoms with Crippen LogP contribution in [0.5, 0.6) is 0 Å². The van der Waals surface area contributed by atoms with Gasteiger partial charge < -0.3 is 0 Å². The highest BCUT2D eigenvalue weighted by Crippen LogP contribution is 2.10. The van der Waals surface area contributed by atoms with Crippen LogP contribution in [-0.4, -0.2) is 45.9 Å². The Morgan fingerprint density at radius 1 is 0.615 bits per heavy atom. The van der Waals surface area contributed by atoms with Crippen LogP contribution >= 0.6 is 0 Å². The van der Waals surface area contributed by atoms with Gasteiger partial charge in [-0.25, -0.2) is 0 Å². The average Bonchev–Trinajstić information content (AvgIpc) is 3.35. The molecule has 0 amide bonds. The molecule has 142 valence electrons. The van der Waals surface area contributed by atoms with Crippen LogP contribution in [0.25, 0.3) is 0 Å². The lowest BCUT2D eigenvalue weighted by molar-refractivity contribution is 0.555. The Bertz CT molecular complexity index is 532. The van der Waals surface area contributed by atoms with Gasteiger partial charge in [0, 0.05) is 37.9 Å². The van der Waals surface area contributed by atoms with Gasteiger partial charge in [-0.1, -0.05) is 51.4 Å². The van der Waals surface area contributed by atoms with Crippen LogP contribution in [0.15, 0.2) is 34.5 Å². The quantitative estimate of drug-likeness (QED) is 0.362. The fourth-order valence-corrected chi connectivity index (χ4v) is 2.82. The first-order valence-electron chi connectivity index (χ1n) is 9.93. The number of aromatic amines is 2. The van der Waals surface area contributed by atoms with Crippen molar-refractivity contribution in [3.63, 3.8) is 0 Å². The fourth-order valence-electron chi connectivity index (χ4n) is 2.82. The number of unbranched alkanes of at least 4 members (excludes halogenated alkanes) is 9. The van der Waals surface area contributed by atoms with Gasteiger partial charge in [0.25, 0.3) is 0 Å².